The van der Waals surface area contributed by atoms with Gasteiger partial charge >= 0.3 is 0 Å². The highest BCUT2D eigenvalue weighted by Crippen LogP contribution is 2.21. The monoisotopic (exact) mass is 356 g/mol. The van der Waals surface area contributed by atoms with Crippen molar-refractivity contribution in [3.05, 3.63) is 49.1 Å². The number of rotatable bonds is 16. The first kappa shape index (κ1) is 23.0. The Labute approximate surface area is 150 Å². The second-order valence-corrected chi connectivity index (χ2v) is 5.27. The van der Waals surface area contributed by atoms with Gasteiger partial charge in [0, 0.05) is 0 Å². The van der Waals surface area contributed by atoms with Crippen LogP contribution in [0.1, 0.15) is 0 Å². The lowest BCUT2D eigenvalue weighted by Crippen LogP contribution is -2.42. The van der Waals surface area contributed by atoms with Crippen LogP contribution in [0.3, 0.4) is 0 Å². The molecule has 0 aliphatic rings. The lowest BCUT2D eigenvalue weighted by Gasteiger charge is -2.32. The predicted octanol–water partition coefficient (Wildman–Crippen LogP) is -0.0712. The molecule has 8 nitrogen and oxygen atoms in total. The topological polar surface area (TPSA) is 141 Å². The molecule has 0 aromatic carbocycles. The summed E-state index contributed by atoms with van der Waals surface area (Å²) in [5, 5.41) is 0. The molecule has 0 amide bonds. The molecule has 0 aliphatic heterocycles. The van der Waals surface area contributed by atoms with Crippen molar-refractivity contribution in [1.82, 2.24) is 0 Å². The number of hydrogen-bond acceptors (Lipinski definition) is 8. The van der Waals surface area contributed by atoms with E-state index < -0.39 is 5.41 Å². The van der Waals surface area contributed by atoms with E-state index in [4.69, 9.17) is 41.9 Å². The molecule has 0 aromatic heterocycles. The van der Waals surface area contributed by atoms with Gasteiger partial charge in [0.15, 0.2) is 0 Å². The molecule has 0 heterocycles. The maximum atomic E-state index is 5.68. The highest BCUT2D eigenvalue weighted by molar-refractivity contribution is 4.84. The third-order valence-electron chi connectivity index (χ3n) is 3.03. The van der Waals surface area contributed by atoms with Crippen LogP contribution in [-0.4, -0.2) is 52.9 Å². The summed E-state index contributed by atoms with van der Waals surface area (Å²) in [5.74, 6) is 0. The first-order chi connectivity index (χ1) is 12.2. The fourth-order valence-corrected chi connectivity index (χ4v) is 1.85. The van der Waals surface area contributed by atoms with Crippen molar-refractivity contribution in [2.75, 3.05) is 52.9 Å². The third kappa shape index (κ3) is 13.0. The van der Waals surface area contributed by atoms with Gasteiger partial charge < -0.3 is 41.9 Å². The van der Waals surface area contributed by atoms with Crippen molar-refractivity contribution in [3.8, 4) is 0 Å². The number of nitrogens with two attached hydrogens (primary N) is 4. The van der Waals surface area contributed by atoms with Crippen molar-refractivity contribution < 1.29 is 18.9 Å². The lowest BCUT2D eigenvalue weighted by atomic mass is 9.92. The summed E-state index contributed by atoms with van der Waals surface area (Å²) in [7, 11) is 0. The number of hydrogen-bond donors (Lipinski definition) is 4. The Balaban J connectivity index is 4.84. The summed E-state index contributed by atoms with van der Waals surface area (Å²) in [6, 6.07) is 0. The van der Waals surface area contributed by atoms with Crippen LogP contribution in [0.4, 0.5) is 0 Å². The highest BCUT2D eigenvalue weighted by atomic mass is 16.5. The molecule has 0 spiro atoms. The van der Waals surface area contributed by atoms with Gasteiger partial charge in [-0.2, -0.15) is 0 Å². The molecule has 0 unspecified atom stereocenters. The molecule has 25 heavy (non-hydrogen) atoms. The molecule has 8 N–H and O–H groups in total. The molecule has 0 aromatic rings. The van der Waals surface area contributed by atoms with Crippen LogP contribution in [0.2, 0.25) is 0 Å². The van der Waals surface area contributed by atoms with Gasteiger partial charge in [0.05, 0.1) is 58.3 Å². The predicted molar refractivity (Wildman–Crippen MR) is 99.0 cm³/mol. The highest BCUT2D eigenvalue weighted by Gasteiger charge is 2.32. The fraction of sp³-hybridized carbons (Fsp3) is 0.529. The maximum absolute atomic E-state index is 5.68. The van der Waals surface area contributed by atoms with Gasteiger partial charge in [-0.25, -0.2) is 0 Å². The van der Waals surface area contributed by atoms with Crippen LogP contribution >= 0.6 is 0 Å². The van der Waals surface area contributed by atoms with Gasteiger partial charge in [0.25, 0.3) is 0 Å². The van der Waals surface area contributed by atoms with E-state index in [9.17, 15) is 0 Å². The van der Waals surface area contributed by atoms with Crippen LogP contribution in [0.25, 0.3) is 0 Å². The molecule has 144 valence electrons. The molecule has 0 aliphatic carbocycles. The Morgan fingerprint density at radius 2 is 0.720 bits per heavy atom. The smallest absolute Gasteiger partial charge is 0.0664 e. The standard InChI is InChI=1S/C17H32N4O4/c18-5-1-9-22-13-17(14-23-10-2-6-19,15-24-11-3-7-20)16-25-12-4-8-21/h1-8H,9-16,18-21H2/b5-1-,6-2+,7-3+,8-4+. The molecule has 0 rings (SSSR count). The first-order valence-electron chi connectivity index (χ1n) is 8.02. The van der Waals surface area contributed by atoms with E-state index in [2.05, 4.69) is 0 Å². The zero-order valence-electron chi connectivity index (χ0n) is 14.7. The molecule has 0 bridgehead atoms. The van der Waals surface area contributed by atoms with E-state index in [-0.39, 0.29) is 0 Å². The minimum Gasteiger partial charge on any atom is -0.405 e. The average molecular weight is 356 g/mol. The van der Waals surface area contributed by atoms with Crippen LogP contribution < -0.4 is 22.9 Å². The van der Waals surface area contributed by atoms with Crippen molar-refractivity contribution in [1.29, 1.82) is 0 Å². The number of ether oxygens (including phenoxy) is 4. The molecular weight excluding hydrogens is 324 g/mol. The van der Waals surface area contributed by atoms with E-state index >= 15 is 0 Å². The summed E-state index contributed by atoms with van der Waals surface area (Å²) < 4.78 is 22.7. The Kier molecular flexibility index (Phi) is 15.5. The minimum atomic E-state index is -0.490. The summed E-state index contributed by atoms with van der Waals surface area (Å²) >= 11 is 0. The van der Waals surface area contributed by atoms with Gasteiger partial charge in [0.1, 0.15) is 0 Å². The first-order valence-corrected chi connectivity index (χ1v) is 8.02. The fourth-order valence-electron chi connectivity index (χ4n) is 1.85. The van der Waals surface area contributed by atoms with Gasteiger partial charge in [-0.1, -0.05) is 0 Å². The van der Waals surface area contributed by atoms with E-state index in [0.29, 0.717) is 52.9 Å². The average Bonchev–Trinajstić information content (AvgIpc) is 2.63. The quantitative estimate of drug-likeness (QED) is 0.282. The normalized spacial score (nSPS) is 13.1. The Morgan fingerprint density at radius 1 is 0.480 bits per heavy atom. The second-order valence-electron chi connectivity index (χ2n) is 5.27. The Bertz CT molecular complexity index is 334. The summed E-state index contributed by atoms with van der Waals surface area (Å²) in [6.07, 6.45) is 12.6. The van der Waals surface area contributed by atoms with Crippen LogP contribution in [0.15, 0.2) is 49.1 Å². The molecule has 0 atom stereocenters. The third-order valence-corrected chi connectivity index (χ3v) is 3.03. The van der Waals surface area contributed by atoms with E-state index in [0.717, 1.165) is 0 Å². The van der Waals surface area contributed by atoms with Crippen LogP contribution in [0, 0.1) is 5.41 Å². The lowest BCUT2D eigenvalue weighted by molar-refractivity contribution is -0.0943. The van der Waals surface area contributed by atoms with Crippen LogP contribution in [0.5, 0.6) is 0 Å². The Hall–Kier alpha value is -2.00. The molecule has 0 saturated heterocycles. The van der Waals surface area contributed by atoms with Gasteiger partial charge in [0.2, 0.25) is 0 Å². The zero-order valence-corrected chi connectivity index (χ0v) is 14.7. The van der Waals surface area contributed by atoms with Gasteiger partial charge in [-0.3, -0.25) is 0 Å². The van der Waals surface area contributed by atoms with Gasteiger partial charge in [-0.05, 0) is 49.1 Å². The summed E-state index contributed by atoms with van der Waals surface area (Å²) in [5.41, 5.74) is 20.8. The molecule has 8 heteroatoms. The molecule has 0 saturated carbocycles. The van der Waals surface area contributed by atoms with Crippen molar-refractivity contribution in [2.24, 2.45) is 28.3 Å². The summed E-state index contributed by atoms with van der Waals surface area (Å²) in [6.45, 7) is 3.09. The van der Waals surface area contributed by atoms with Gasteiger partial charge in [-0.15, -0.1) is 0 Å². The zero-order chi connectivity index (χ0) is 18.6. The van der Waals surface area contributed by atoms with Crippen LogP contribution in [-0.2, 0) is 18.9 Å². The second kappa shape index (κ2) is 16.8. The van der Waals surface area contributed by atoms with Crippen molar-refractivity contribution in [3.63, 3.8) is 0 Å². The largest absolute Gasteiger partial charge is 0.405 e. The van der Waals surface area contributed by atoms with Crippen molar-refractivity contribution >= 4 is 0 Å². The molecule has 0 fully saturated rings. The summed E-state index contributed by atoms with van der Waals surface area (Å²) in [4.78, 5) is 0. The molecule has 0 radical (unpaired) electrons. The maximum Gasteiger partial charge on any atom is 0.0664 e. The minimum absolute atomic E-state index is 0.377. The SMILES string of the molecule is N/C=C\COCC(COC/C=C/N)(COC/C=C/N)COC/C=C/N. The Morgan fingerprint density at radius 3 is 0.920 bits per heavy atom. The van der Waals surface area contributed by atoms with Crippen molar-refractivity contribution in [2.45, 2.75) is 0 Å². The molecular formula is C17H32N4O4. The van der Waals surface area contributed by atoms with E-state index in [1.807, 2.05) is 0 Å². The van der Waals surface area contributed by atoms with E-state index in [1.165, 1.54) is 24.8 Å². The van der Waals surface area contributed by atoms with E-state index in [1.54, 1.807) is 24.3 Å².